The van der Waals surface area contributed by atoms with Gasteiger partial charge in [-0.1, -0.05) is 26.0 Å². The molecule has 154 valence electrons. The summed E-state index contributed by atoms with van der Waals surface area (Å²) in [7, 11) is 1.71. The normalized spacial score (nSPS) is 17.3. The number of fused-ring (bicyclic) bond motifs is 1. The second-order valence-corrected chi connectivity index (χ2v) is 7.66. The molecule has 0 atom stereocenters. The van der Waals surface area contributed by atoms with E-state index in [1.807, 2.05) is 32.0 Å². The third-order valence-electron chi connectivity index (χ3n) is 6.01. The van der Waals surface area contributed by atoms with E-state index in [2.05, 4.69) is 35.2 Å². The fourth-order valence-corrected chi connectivity index (χ4v) is 4.19. The maximum absolute atomic E-state index is 8.89. The topological polar surface area (TPSA) is 45.5 Å². The van der Waals surface area contributed by atoms with E-state index < -0.39 is 0 Å². The molecule has 4 rings (SSSR count). The molecule has 0 unspecified atom stereocenters. The molecule has 0 aromatic heterocycles. The number of likely N-dealkylation sites (tertiary alicyclic amines) is 1. The van der Waals surface area contributed by atoms with Gasteiger partial charge in [0, 0.05) is 19.6 Å². The average Bonchev–Trinajstić information content (AvgIpc) is 2.80. The van der Waals surface area contributed by atoms with Crippen molar-refractivity contribution in [3.05, 3.63) is 59.2 Å². The Kier molecular flexibility index (Phi) is 7.17. The predicted molar refractivity (Wildman–Crippen MR) is 117 cm³/mol. The van der Waals surface area contributed by atoms with Crippen LogP contribution in [0.1, 0.15) is 49.8 Å². The van der Waals surface area contributed by atoms with Crippen LogP contribution in [0.4, 0.5) is 0 Å². The van der Waals surface area contributed by atoms with Gasteiger partial charge in [-0.25, -0.2) is 0 Å². The minimum Gasteiger partial charge on any atom is -0.497 e. The molecule has 2 aromatic rings. The number of hydrogen-bond donors (Lipinski definition) is 0. The third kappa shape index (κ3) is 5.10. The second-order valence-electron chi connectivity index (χ2n) is 7.66. The largest absolute Gasteiger partial charge is 0.497 e. The van der Waals surface area contributed by atoms with Crippen LogP contribution >= 0.6 is 0 Å². The number of nitrogens with zero attached hydrogens (tertiary/aromatic N) is 2. The molecule has 2 aliphatic heterocycles. The van der Waals surface area contributed by atoms with Crippen molar-refractivity contribution in [2.75, 3.05) is 26.7 Å². The first-order chi connectivity index (χ1) is 14.2. The van der Waals surface area contributed by atoms with Gasteiger partial charge < -0.3 is 14.4 Å². The lowest BCUT2D eigenvalue weighted by Crippen LogP contribution is -2.50. The summed E-state index contributed by atoms with van der Waals surface area (Å²) in [6.07, 6.45) is 5.37. The monoisotopic (exact) mass is 392 g/mol. The Morgan fingerprint density at radius 2 is 1.79 bits per heavy atom. The molecule has 4 heteroatoms. The number of ether oxygens (including phenoxy) is 2. The number of aryl methyl sites for hydroxylation is 1. The van der Waals surface area contributed by atoms with E-state index >= 15 is 0 Å². The minimum atomic E-state index is 0.00648. The van der Waals surface area contributed by atoms with Gasteiger partial charge in [-0.15, -0.1) is 0 Å². The van der Waals surface area contributed by atoms with Crippen LogP contribution in [0.5, 0.6) is 11.5 Å². The van der Waals surface area contributed by atoms with Crippen LogP contribution in [0, 0.1) is 11.3 Å². The Bertz CT molecular complexity index is 831. The van der Waals surface area contributed by atoms with Crippen LogP contribution < -0.4 is 9.47 Å². The van der Waals surface area contributed by atoms with Crippen molar-refractivity contribution < 1.29 is 9.47 Å². The van der Waals surface area contributed by atoms with E-state index in [1.54, 1.807) is 7.11 Å². The van der Waals surface area contributed by atoms with Crippen LogP contribution in [0.3, 0.4) is 0 Å². The van der Waals surface area contributed by atoms with Crippen LogP contribution in [0.15, 0.2) is 42.5 Å². The van der Waals surface area contributed by atoms with Gasteiger partial charge in [0.1, 0.15) is 17.1 Å². The second kappa shape index (κ2) is 9.80. The van der Waals surface area contributed by atoms with Gasteiger partial charge in [-0.3, -0.25) is 0 Å². The lowest BCUT2D eigenvalue weighted by atomic mass is 9.83. The zero-order valence-electron chi connectivity index (χ0n) is 17.9. The van der Waals surface area contributed by atoms with Crippen molar-refractivity contribution in [3.63, 3.8) is 0 Å². The van der Waals surface area contributed by atoms with E-state index in [4.69, 9.17) is 14.7 Å². The zero-order valence-corrected chi connectivity index (χ0v) is 17.9. The molecule has 0 N–H and O–H groups in total. The van der Waals surface area contributed by atoms with Crippen molar-refractivity contribution >= 4 is 0 Å². The van der Waals surface area contributed by atoms with E-state index in [0.717, 1.165) is 68.8 Å². The quantitative estimate of drug-likeness (QED) is 0.735. The van der Waals surface area contributed by atoms with Gasteiger partial charge in [0.2, 0.25) is 0 Å². The van der Waals surface area contributed by atoms with Crippen LogP contribution in [0.25, 0.3) is 0 Å². The predicted octanol–water partition coefficient (Wildman–Crippen LogP) is 5.00. The summed E-state index contributed by atoms with van der Waals surface area (Å²) in [6.45, 7) is 7.24. The van der Waals surface area contributed by atoms with Crippen LogP contribution in [0.2, 0.25) is 0 Å². The van der Waals surface area contributed by atoms with E-state index in [9.17, 15) is 0 Å². The summed E-state index contributed by atoms with van der Waals surface area (Å²) < 4.78 is 11.8. The first-order valence-corrected chi connectivity index (χ1v) is 10.8. The van der Waals surface area contributed by atoms with Crippen LogP contribution in [-0.2, 0) is 12.8 Å². The highest BCUT2D eigenvalue weighted by Gasteiger charge is 2.39. The molecule has 2 aliphatic rings. The van der Waals surface area contributed by atoms with Gasteiger partial charge in [-0.2, -0.15) is 5.26 Å². The van der Waals surface area contributed by atoms with E-state index in [1.165, 1.54) is 11.1 Å². The van der Waals surface area contributed by atoms with Crippen molar-refractivity contribution in [1.82, 2.24) is 4.90 Å². The number of hydrogen-bond acceptors (Lipinski definition) is 4. The average molecular weight is 393 g/mol. The SMILES string of the molecule is CC.COc1ccc2c(c1)CCC1(CCN(CCc3ccc(C#N)cc3)CC1)O2. The maximum atomic E-state index is 8.89. The summed E-state index contributed by atoms with van der Waals surface area (Å²) in [4.78, 5) is 2.54. The number of piperidine rings is 1. The molecule has 4 nitrogen and oxygen atoms in total. The van der Waals surface area contributed by atoms with E-state index in [-0.39, 0.29) is 5.60 Å². The van der Waals surface area contributed by atoms with Gasteiger partial charge >= 0.3 is 0 Å². The molecule has 0 bridgehead atoms. The smallest absolute Gasteiger partial charge is 0.123 e. The Labute approximate surface area is 175 Å². The number of methoxy groups -OCH3 is 1. The summed E-state index contributed by atoms with van der Waals surface area (Å²) in [6, 6.07) is 16.3. The minimum absolute atomic E-state index is 0.00648. The van der Waals surface area contributed by atoms with Crippen molar-refractivity contribution in [2.45, 2.75) is 51.6 Å². The zero-order chi connectivity index (χ0) is 20.7. The highest BCUT2D eigenvalue weighted by atomic mass is 16.5. The number of benzene rings is 2. The highest BCUT2D eigenvalue weighted by molar-refractivity contribution is 5.42. The Hall–Kier alpha value is -2.51. The molecule has 0 aliphatic carbocycles. The summed E-state index contributed by atoms with van der Waals surface area (Å²) in [5.41, 5.74) is 3.30. The molecule has 1 saturated heterocycles. The van der Waals surface area contributed by atoms with Crippen molar-refractivity contribution in [3.8, 4) is 17.6 Å². The first-order valence-electron chi connectivity index (χ1n) is 10.8. The number of rotatable bonds is 4. The standard InChI is InChI=1S/C23H26N2O2.C2H6/c1-26-21-6-7-22-20(16-21)8-10-23(27-22)11-14-25(15-12-23)13-9-18-2-4-19(17-24)5-3-18;1-2/h2-7,16H,8-15H2,1H3;1-2H3. The molecule has 1 fully saturated rings. The molecule has 2 aromatic carbocycles. The fourth-order valence-electron chi connectivity index (χ4n) is 4.19. The van der Waals surface area contributed by atoms with Gasteiger partial charge in [0.05, 0.1) is 18.7 Å². The Balaban J connectivity index is 0.00000117. The molecular weight excluding hydrogens is 360 g/mol. The summed E-state index contributed by atoms with van der Waals surface area (Å²) >= 11 is 0. The Morgan fingerprint density at radius 1 is 1.07 bits per heavy atom. The molecule has 29 heavy (non-hydrogen) atoms. The lowest BCUT2D eigenvalue weighted by Gasteiger charge is -2.44. The Morgan fingerprint density at radius 3 is 2.45 bits per heavy atom. The lowest BCUT2D eigenvalue weighted by molar-refractivity contribution is -0.0142. The number of nitriles is 1. The fraction of sp³-hybridized carbons (Fsp3) is 0.480. The molecule has 0 saturated carbocycles. The molecule has 0 radical (unpaired) electrons. The van der Waals surface area contributed by atoms with Gasteiger partial charge in [0.25, 0.3) is 0 Å². The summed E-state index contributed by atoms with van der Waals surface area (Å²) in [5.74, 6) is 1.94. The highest BCUT2D eigenvalue weighted by Crippen LogP contribution is 2.40. The van der Waals surface area contributed by atoms with Crippen molar-refractivity contribution in [1.29, 1.82) is 5.26 Å². The van der Waals surface area contributed by atoms with E-state index in [0.29, 0.717) is 0 Å². The van der Waals surface area contributed by atoms with Crippen molar-refractivity contribution in [2.24, 2.45) is 0 Å². The molecule has 0 amide bonds. The van der Waals surface area contributed by atoms with Crippen LogP contribution in [-0.4, -0.2) is 37.2 Å². The molecule has 1 spiro atoms. The third-order valence-corrected chi connectivity index (χ3v) is 6.01. The van der Waals surface area contributed by atoms with Gasteiger partial charge in [0.15, 0.2) is 0 Å². The summed E-state index contributed by atoms with van der Waals surface area (Å²) in [5, 5.41) is 8.89. The maximum Gasteiger partial charge on any atom is 0.123 e. The molecule has 2 heterocycles. The van der Waals surface area contributed by atoms with Gasteiger partial charge in [-0.05, 0) is 73.6 Å². The molecular formula is C25H32N2O2. The first kappa shape index (κ1) is 21.2.